The van der Waals surface area contributed by atoms with Crippen molar-refractivity contribution in [3.63, 3.8) is 0 Å². The molecule has 5 aromatic rings. The van der Waals surface area contributed by atoms with Gasteiger partial charge in [0.15, 0.2) is 5.96 Å². The molecule has 0 fully saturated rings. The van der Waals surface area contributed by atoms with Crippen molar-refractivity contribution in [3.8, 4) is 5.75 Å². The molecule has 0 aliphatic carbocycles. The predicted octanol–water partition coefficient (Wildman–Crippen LogP) is 4.48. The minimum atomic E-state index is -1.10. The van der Waals surface area contributed by atoms with E-state index in [2.05, 4.69) is 25.9 Å². The van der Waals surface area contributed by atoms with E-state index in [1.807, 2.05) is 98.0 Å². The first-order valence-corrected chi connectivity index (χ1v) is 20.1. The lowest BCUT2D eigenvalue weighted by atomic mass is 9.93. The molecule has 1 heterocycles. The van der Waals surface area contributed by atoms with Crippen LogP contribution in [0.2, 0.25) is 0 Å². The van der Waals surface area contributed by atoms with Gasteiger partial charge in [0.25, 0.3) is 0 Å². The number of nitrogens with two attached hydrogens (primary N) is 2. The average molecular weight is 801 g/mol. The Morgan fingerprint density at radius 1 is 0.695 bits per heavy atom. The van der Waals surface area contributed by atoms with Crippen LogP contribution < -0.4 is 27.4 Å². The second-order valence-electron chi connectivity index (χ2n) is 14.9. The normalized spacial score (nSPS) is 13.1. The summed E-state index contributed by atoms with van der Waals surface area (Å²) in [5, 5.41) is 19.6. The van der Waals surface area contributed by atoms with E-state index in [-0.39, 0.29) is 49.3 Å². The smallest absolute Gasteiger partial charge is 0.245 e. The second kappa shape index (κ2) is 21.8. The van der Waals surface area contributed by atoms with Crippen molar-refractivity contribution in [1.82, 2.24) is 25.8 Å². The zero-order valence-corrected chi connectivity index (χ0v) is 33.8. The molecule has 0 aliphatic heterocycles. The summed E-state index contributed by atoms with van der Waals surface area (Å²) in [5.74, 6) is -2.12. The summed E-state index contributed by atoms with van der Waals surface area (Å²) < 4.78 is 0. The first-order valence-electron chi connectivity index (χ1n) is 20.1. The highest BCUT2D eigenvalue weighted by atomic mass is 16.3. The number of hydrogen-bond donors (Lipinski definition) is 7. The maximum Gasteiger partial charge on any atom is 0.245 e. The van der Waals surface area contributed by atoms with Crippen molar-refractivity contribution in [2.75, 3.05) is 13.6 Å². The first kappa shape index (κ1) is 43.5. The van der Waals surface area contributed by atoms with Gasteiger partial charge in [-0.05, 0) is 66.1 Å². The molecule has 310 valence electrons. The van der Waals surface area contributed by atoms with Gasteiger partial charge in [-0.15, -0.1) is 0 Å². The van der Waals surface area contributed by atoms with Gasteiger partial charge in [-0.25, -0.2) is 0 Å². The molecule has 13 heteroatoms. The van der Waals surface area contributed by atoms with Crippen LogP contribution in [0.25, 0.3) is 10.9 Å². The van der Waals surface area contributed by atoms with Gasteiger partial charge in [-0.2, -0.15) is 0 Å². The fraction of sp³-hybridized carbons (Fsp3) is 0.326. The number of guanidine groups is 1. The zero-order valence-electron chi connectivity index (χ0n) is 33.8. The third-order valence-electron chi connectivity index (χ3n) is 10.3. The van der Waals surface area contributed by atoms with Crippen molar-refractivity contribution >= 4 is 40.5 Å². The molecule has 1 aromatic heterocycles. The minimum Gasteiger partial charge on any atom is -0.508 e. The molecule has 0 saturated carbocycles. The number of hydrogen-bond acceptors (Lipinski definition) is 6. The Labute approximate surface area is 345 Å². The lowest BCUT2D eigenvalue weighted by Gasteiger charge is -2.28. The number of carbonyl (C=O) groups is 4. The number of nitrogens with zero attached hydrogens (tertiary/aromatic N) is 2. The second-order valence-corrected chi connectivity index (χ2v) is 14.9. The maximum absolute atomic E-state index is 14.4. The summed E-state index contributed by atoms with van der Waals surface area (Å²) in [4.78, 5) is 65.9. The van der Waals surface area contributed by atoms with Crippen LogP contribution in [-0.2, 0) is 45.0 Å². The molecule has 4 unspecified atom stereocenters. The topological polar surface area (TPSA) is 208 Å². The number of phenolic OH excluding ortho intramolecular Hbond substituents is 1. The van der Waals surface area contributed by atoms with E-state index in [4.69, 9.17) is 11.5 Å². The molecule has 59 heavy (non-hydrogen) atoms. The maximum atomic E-state index is 14.4. The van der Waals surface area contributed by atoms with Crippen molar-refractivity contribution in [3.05, 3.63) is 138 Å². The molecule has 4 aromatic carbocycles. The fourth-order valence-corrected chi connectivity index (χ4v) is 7.18. The number of aliphatic imine (C=N–C) groups is 1. The Balaban J connectivity index is 1.40. The van der Waals surface area contributed by atoms with Gasteiger partial charge < -0.3 is 42.4 Å². The Hall–Kier alpha value is -6.63. The van der Waals surface area contributed by atoms with E-state index < -0.39 is 35.9 Å². The number of aromatic hydroxyl groups is 1. The van der Waals surface area contributed by atoms with Gasteiger partial charge in [0, 0.05) is 56.0 Å². The molecular weight excluding hydrogens is 745 g/mol. The van der Waals surface area contributed by atoms with Crippen LogP contribution in [0, 0.1) is 5.92 Å². The summed E-state index contributed by atoms with van der Waals surface area (Å²) in [6.07, 6.45) is 4.42. The lowest BCUT2D eigenvalue weighted by molar-refractivity contribution is -0.137. The molecule has 9 N–H and O–H groups in total. The minimum absolute atomic E-state index is 0.0968. The fourth-order valence-electron chi connectivity index (χ4n) is 7.18. The van der Waals surface area contributed by atoms with Crippen molar-refractivity contribution in [2.45, 2.75) is 76.5 Å². The Bertz CT molecular complexity index is 2150. The van der Waals surface area contributed by atoms with Gasteiger partial charge in [-0.1, -0.05) is 104 Å². The van der Waals surface area contributed by atoms with Crippen LogP contribution in [-0.4, -0.2) is 76.3 Å². The molecule has 0 spiro atoms. The average Bonchev–Trinajstić information content (AvgIpc) is 3.64. The number of H-pyrrole nitrogens is 1. The SMILES string of the molecule is CCCC(Cc1ccc(O)cc1)C(=O)NC(Cc1ccccc1)C(=O)NC(CCCN=C(N)N)C(=O)NC(Cc1c[nH]c2ccccc12)C(=O)N(C)Cc1ccccc1. The van der Waals surface area contributed by atoms with Crippen molar-refractivity contribution in [1.29, 1.82) is 0 Å². The number of phenols is 1. The highest BCUT2D eigenvalue weighted by molar-refractivity contribution is 5.95. The standard InChI is InChI=1S/C46H56N8O5/c1-3-13-34(26-32-21-23-36(55)24-22-32)42(56)52-40(27-31-14-6-4-7-15-31)44(58)51-39(20-12-25-49-46(47)48)43(57)53-41(28-35-29-50-38-19-11-10-18-37(35)38)45(59)54(2)30-33-16-8-5-9-17-33/h4-11,14-19,21-24,29,34,39-41,50,55H,3,12-13,20,25-28,30H2,1-2H3,(H,51,58)(H,52,56)(H,53,57)(H4,47,48,49). The predicted molar refractivity (Wildman–Crippen MR) is 231 cm³/mol. The third-order valence-corrected chi connectivity index (χ3v) is 10.3. The van der Waals surface area contributed by atoms with Crippen LogP contribution in [0.1, 0.15) is 54.9 Å². The van der Waals surface area contributed by atoms with E-state index in [0.29, 0.717) is 25.8 Å². The van der Waals surface area contributed by atoms with Crippen molar-refractivity contribution in [2.24, 2.45) is 22.4 Å². The van der Waals surface area contributed by atoms with E-state index in [1.165, 1.54) is 0 Å². The van der Waals surface area contributed by atoms with Gasteiger partial charge in [-0.3, -0.25) is 24.2 Å². The van der Waals surface area contributed by atoms with E-state index in [0.717, 1.165) is 39.6 Å². The van der Waals surface area contributed by atoms with E-state index >= 15 is 0 Å². The summed E-state index contributed by atoms with van der Waals surface area (Å²) in [6.45, 7) is 2.53. The number of carbonyl (C=O) groups excluding carboxylic acids is 4. The number of para-hydroxylation sites is 1. The van der Waals surface area contributed by atoms with Gasteiger partial charge >= 0.3 is 0 Å². The monoisotopic (exact) mass is 800 g/mol. The summed E-state index contributed by atoms with van der Waals surface area (Å²) in [7, 11) is 1.70. The summed E-state index contributed by atoms with van der Waals surface area (Å²) in [6, 6.07) is 30.3. The lowest BCUT2D eigenvalue weighted by Crippen LogP contribution is -2.58. The molecule has 0 bridgehead atoms. The molecular formula is C46H56N8O5. The van der Waals surface area contributed by atoms with Crippen LogP contribution >= 0.6 is 0 Å². The molecule has 13 nitrogen and oxygen atoms in total. The van der Waals surface area contributed by atoms with E-state index in [9.17, 15) is 24.3 Å². The molecule has 5 rings (SSSR count). The summed E-state index contributed by atoms with van der Waals surface area (Å²) in [5.41, 5.74) is 15.5. The Kier molecular flexibility index (Phi) is 16.0. The molecule has 0 aliphatic rings. The van der Waals surface area contributed by atoms with Gasteiger partial charge in [0.2, 0.25) is 23.6 Å². The van der Waals surface area contributed by atoms with Crippen molar-refractivity contribution < 1.29 is 24.3 Å². The molecule has 4 atom stereocenters. The highest BCUT2D eigenvalue weighted by Gasteiger charge is 2.32. The Morgan fingerprint density at radius 2 is 1.29 bits per heavy atom. The van der Waals surface area contributed by atoms with Gasteiger partial charge in [0.1, 0.15) is 23.9 Å². The number of fused-ring (bicyclic) bond motifs is 1. The van der Waals surface area contributed by atoms with Crippen LogP contribution in [0.5, 0.6) is 5.75 Å². The largest absolute Gasteiger partial charge is 0.508 e. The van der Waals surface area contributed by atoms with Crippen LogP contribution in [0.4, 0.5) is 0 Å². The zero-order chi connectivity index (χ0) is 42.1. The molecule has 0 radical (unpaired) electrons. The number of likely N-dealkylation sites (N-methyl/N-ethyl adjacent to an activating group) is 1. The molecule has 0 saturated heterocycles. The number of rotatable bonds is 21. The molecule has 4 amide bonds. The number of aromatic amines is 1. The Morgan fingerprint density at radius 3 is 1.97 bits per heavy atom. The van der Waals surface area contributed by atoms with Crippen LogP contribution in [0.3, 0.4) is 0 Å². The number of nitrogens with one attached hydrogen (secondary N) is 4. The first-order chi connectivity index (χ1) is 28.5. The highest BCUT2D eigenvalue weighted by Crippen LogP contribution is 2.21. The van der Waals surface area contributed by atoms with E-state index in [1.54, 1.807) is 36.2 Å². The number of benzene rings is 4. The quantitative estimate of drug-likeness (QED) is 0.0321. The number of amides is 4. The van der Waals surface area contributed by atoms with Crippen LogP contribution in [0.15, 0.2) is 120 Å². The number of aromatic nitrogens is 1. The summed E-state index contributed by atoms with van der Waals surface area (Å²) >= 11 is 0. The third kappa shape index (κ3) is 13.2. The van der Waals surface area contributed by atoms with Gasteiger partial charge in [0.05, 0.1) is 0 Å².